The summed E-state index contributed by atoms with van der Waals surface area (Å²) >= 11 is 0. The largest absolute Gasteiger partial charge is 0.357 e. The van der Waals surface area contributed by atoms with E-state index in [9.17, 15) is 4.79 Å². The Kier molecular flexibility index (Phi) is 3.94. The van der Waals surface area contributed by atoms with Crippen LogP contribution < -0.4 is 5.32 Å². The number of amides is 2. The number of hydrogen-bond donors (Lipinski definition) is 3. The number of carbonyl (C=O) groups excluding carboxylic acids is 1. The maximum atomic E-state index is 12.7. The van der Waals surface area contributed by atoms with Crippen molar-refractivity contribution in [3.8, 4) is 0 Å². The topological polar surface area (TPSA) is 76.8 Å². The van der Waals surface area contributed by atoms with Crippen molar-refractivity contribution < 1.29 is 4.79 Å². The Bertz CT molecular complexity index is 790. The Balaban J connectivity index is 1.44. The van der Waals surface area contributed by atoms with Crippen LogP contribution in [0.4, 0.5) is 4.79 Å². The molecule has 1 unspecified atom stereocenters. The van der Waals surface area contributed by atoms with Gasteiger partial charge in [0.15, 0.2) is 0 Å². The second-order valence-corrected chi connectivity index (χ2v) is 6.28. The lowest BCUT2D eigenvalue weighted by atomic mass is 9.98. The highest BCUT2D eigenvalue weighted by atomic mass is 16.2. The third-order valence-corrected chi connectivity index (χ3v) is 4.68. The summed E-state index contributed by atoms with van der Waals surface area (Å²) in [4.78, 5) is 17.9. The number of hydrogen-bond acceptors (Lipinski definition) is 2. The molecule has 6 heteroatoms. The van der Waals surface area contributed by atoms with Crippen molar-refractivity contribution in [1.29, 1.82) is 0 Å². The summed E-state index contributed by atoms with van der Waals surface area (Å²) in [5.74, 6) is 0. The van der Waals surface area contributed by atoms with Crippen molar-refractivity contribution in [2.75, 3.05) is 6.54 Å². The fraction of sp³-hybridized carbons (Fsp3) is 0.333. The summed E-state index contributed by atoms with van der Waals surface area (Å²) in [5, 5.41) is 11.1. The smallest absolute Gasteiger partial charge is 0.318 e. The molecule has 1 fully saturated rings. The number of aromatic nitrogens is 3. The lowest BCUT2D eigenvalue weighted by molar-refractivity contribution is 0.151. The molecule has 0 saturated carbocycles. The number of H-pyrrole nitrogens is 2. The van der Waals surface area contributed by atoms with E-state index in [1.807, 2.05) is 35.5 Å². The standard InChI is InChI=1S/C18H21N5O/c24-18(19-12-15-9-13-5-1-2-6-16(13)22-15)23-8-4-3-7-17(23)14-10-20-21-11-14/h1-2,5-6,9-11,17,22H,3-4,7-8,12H2,(H,19,24)(H,20,21). The van der Waals surface area contributed by atoms with Gasteiger partial charge in [-0.05, 0) is 36.8 Å². The number of aromatic amines is 2. The van der Waals surface area contributed by atoms with Crippen LogP contribution >= 0.6 is 0 Å². The number of carbonyl (C=O) groups is 1. The molecule has 2 aromatic heterocycles. The Morgan fingerprint density at radius 1 is 1.33 bits per heavy atom. The third-order valence-electron chi connectivity index (χ3n) is 4.68. The number of para-hydroxylation sites is 1. The number of fused-ring (bicyclic) bond motifs is 1. The van der Waals surface area contributed by atoms with Crippen molar-refractivity contribution in [1.82, 2.24) is 25.4 Å². The molecule has 0 aliphatic carbocycles. The van der Waals surface area contributed by atoms with Gasteiger partial charge in [-0.3, -0.25) is 5.10 Å². The van der Waals surface area contributed by atoms with E-state index in [4.69, 9.17) is 0 Å². The molecule has 6 nitrogen and oxygen atoms in total. The van der Waals surface area contributed by atoms with Crippen LogP contribution in [0.2, 0.25) is 0 Å². The molecule has 1 aromatic carbocycles. The molecule has 0 bridgehead atoms. The summed E-state index contributed by atoms with van der Waals surface area (Å²) in [7, 11) is 0. The fourth-order valence-electron chi connectivity index (χ4n) is 3.47. The zero-order chi connectivity index (χ0) is 16.4. The molecule has 0 radical (unpaired) electrons. The Labute approximate surface area is 140 Å². The lowest BCUT2D eigenvalue weighted by Crippen LogP contribution is -2.44. The Morgan fingerprint density at radius 2 is 2.25 bits per heavy atom. The Morgan fingerprint density at radius 3 is 3.08 bits per heavy atom. The van der Waals surface area contributed by atoms with E-state index in [0.717, 1.165) is 48.0 Å². The van der Waals surface area contributed by atoms with Gasteiger partial charge in [-0.1, -0.05) is 18.2 Å². The van der Waals surface area contributed by atoms with Crippen LogP contribution in [-0.4, -0.2) is 32.7 Å². The predicted molar refractivity (Wildman–Crippen MR) is 92.4 cm³/mol. The molecule has 4 rings (SSSR count). The number of piperidine rings is 1. The summed E-state index contributed by atoms with van der Waals surface area (Å²) < 4.78 is 0. The number of rotatable bonds is 3. The van der Waals surface area contributed by atoms with Crippen LogP contribution in [0.5, 0.6) is 0 Å². The zero-order valence-corrected chi connectivity index (χ0v) is 13.5. The van der Waals surface area contributed by atoms with Crippen molar-refractivity contribution in [2.24, 2.45) is 0 Å². The third kappa shape index (κ3) is 2.87. The van der Waals surface area contributed by atoms with Crippen LogP contribution in [0, 0.1) is 0 Å². The number of nitrogens with zero attached hydrogens (tertiary/aromatic N) is 2. The van der Waals surface area contributed by atoms with Crippen molar-refractivity contribution >= 4 is 16.9 Å². The first-order chi connectivity index (χ1) is 11.8. The van der Waals surface area contributed by atoms with Crippen LogP contribution in [0.15, 0.2) is 42.7 Å². The van der Waals surface area contributed by atoms with E-state index in [1.165, 1.54) is 0 Å². The molecular weight excluding hydrogens is 302 g/mol. The zero-order valence-electron chi connectivity index (χ0n) is 13.5. The number of likely N-dealkylation sites (tertiary alicyclic amines) is 1. The number of urea groups is 1. The second-order valence-electron chi connectivity index (χ2n) is 6.28. The van der Waals surface area contributed by atoms with E-state index in [1.54, 1.807) is 0 Å². The highest BCUT2D eigenvalue weighted by Crippen LogP contribution is 2.30. The van der Waals surface area contributed by atoms with Crippen molar-refractivity contribution in [3.05, 3.63) is 54.0 Å². The minimum Gasteiger partial charge on any atom is -0.357 e. The SMILES string of the molecule is O=C(NCc1cc2ccccc2[nH]1)N1CCCCC1c1cn[nH]c1. The minimum absolute atomic E-state index is 0.0143. The quantitative estimate of drug-likeness (QED) is 0.691. The van der Waals surface area contributed by atoms with Gasteiger partial charge in [0, 0.05) is 29.5 Å². The van der Waals surface area contributed by atoms with Crippen molar-refractivity contribution in [3.63, 3.8) is 0 Å². The van der Waals surface area contributed by atoms with Gasteiger partial charge >= 0.3 is 6.03 Å². The average Bonchev–Trinajstić information content (AvgIpc) is 3.28. The molecule has 3 heterocycles. The van der Waals surface area contributed by atoms with E-state index < -0.39 is 0 Å². The van der Waals surface area contributed by atoms with Crippen LogP contribution in [0.25, 0.3) is 10.9 Å². The fourth-order valence-corrected chi connectivity index (χ4v) is 3.47. The molecular formula is C18H21N5O. The molecule has 2 amide bonds. The van der Waals surface area contributed by atoms with Crippen LogP contribution in [0.1, 0.15) is 36.6 Å². The first-order valence-electron chi connectivity index (χ1n) is 8.41. The van der Waals surface area contributed by atoms with Gasteiger partial charge in [-0.2, -0.15) is 5.10 Å². The Hall–Kier alpha value is -2.76. The maximum Gasteiger partial charge on any atom is 0.318 e. The van der Waals surface area contributed by atoms with Gasteiger partial charge in [0.1, 0.15) is 0 Å². The van der Waals surface area contributed by atoms with E-state index in [0.29, 0.717) is 6.54 Å². The first kappa shape index (κ1) is 14.8. The van der Waals surface area contributed by atoms with E-state index in [2.05, 4.69) is 32.6 Å². The molecule has 3 aromatic rings. The van der Waals surface area contributed by atoms with Crippen LogP contribution in [-0.2, 0) is 6.54 Å². The number of nitrogens with one attached hydrogen (secondary N) is 3. The van der Waals surface area contributed by atoms with Crippen LogP contribution in [0.3, 0.4) is 0 Å². The summed E-state index contributed by atoms with van der Waals surface area (Å²) in [6.07, 6.45) is 6.87. The van der Waals surface area contributed by atoms with Crippen molar-refractivity contribution in [2.45, 2.75) is 31.8 Å². The van der Waals surface area contributed by atoms with Gasteiger partial charge in [-0.25, -0.2) is 4.79 Å². The van der Waals surface area contributed by atoms with Gasteiger partial charge in [0.25, 0.3) is 0 Å². The van der Waals surface area contributed by atoms with Gasteiger partial charge in [0.05, 0.1) is 18.8 Å². The molecule has 1 atom stereocenters. The molecule has 124 valence electrons. The lowest BCUT2D eigenvalue weighted by Gasteiger charge is -2.35. The highest BCUT2D eigenvalue weighted by Gasteiger charge is 2.28. The van der Waals surface area contributed by atoms with Gasteiger partial charge < -0.3 is 15.2 Å². The summed E-state index contributed by atoms with van der Waals surface area (Å²) in [6.45, 7) is 1.29. The predicted octanol–water partition coefficient (Wildman–Crippen LogP) is 3.33. The molecule has 24 heavy (non-hydrogen) atoms. The average molecular weight is 323 g/mol. The summed E-state index contributed by atoms with van der Waals surface area (Å²) in [6, 6.07) is 10.3. The molecule has 1 aliphatic rings. The van der Waals surface area contributed by atoms with E-state index in [-0.39, 0.29) is 12.1 Å². The molecule has 1 saturated heterocycles. The maximum absolute atomic E-state index is 12.7. The molecule has 0 spiro atoms. The molecule has 3 N–H and O–H groups in total. The highest BCUT2D eigenvalue weighted by molar-refractivity contribution is 5.80. The second kappa shape index (κ2) is 6.39. The minimum atomic E-state index is -0.0143. The van der Waals surface area contributed by atoms with Gasteiger partial charge in [-0.15, -0.1) is 0 Å². The monoisotopic (exact) mass is 323 g/mol. The normalized spacial score (nSPS) is 18.0. The first-order valence-corrected chi connectivity index (χ1v) is 8.41. The van der Waals surface area contributed by atoms with E-state index >= 15 is 0 Å². The number of benzene rings is 1. The summed E-state index contributed by atoms with van der Waals surface area (Å²) in [5.41, 5.74) is 3.19. The molecule has 1 aliphatic heterocycles. The van der Waals surface area contributed by atoms with Gasteiger partial charge in [0.2, 0.25) is 0 Å².